The van der Waals surface area contributed by atoms with Gasteiger partial charge in [0.1, 0.15) is 0 Å². The molecule has 3 rings (SSSR count). The van der Waals surface area contributed by atoms with Gasteiger partial charge in [-0.1, -0.05) is 74.0 Å². The maximum atomic E-state index is 2.52. The van der Waals surface area contributed by atoms with Gasteiger partial charge >= 0.3 is 0 Å². The molecule has 1 fully saturated rings. The lowest BCUT2D eigenvalue weighted by atomic mass is 9.75. The number of benzene rings is 2. The fourth-order valence-corrected chi connectivity index (χ4v) is 4.54. The van der Waals surface area contributed by atoms with Crippen molar-refractivity contribution in [3.05, 3.63) is 71.8 Å². The van der Waals surface area contributed by atoms with Crippen LogP contribution in [-0.2, 0) is 6.42 Å². The number of hydrogen-bond donors (Lipinski definition) is 0. The molecule has 0 saturated heterocycles. The van der Waals surface area contributed by atoms with Gasteiger partial charge in [0.05, 0.1) is 0 Å². The molecule has 0 spiro atoms. The fraction of sp³-hybridized carbons (Fsp3) is 0.462. The first-order chi connectivity index (χ1) is 12.8. The topological polar surface area (TPSA) is 0 Å². The molecule has 138 valence electrons. The van der Waals surface area contributed by atoms with E-state index >= 15 is 0 Å². The van der Waals surface area contributed by atoms with Gasteiger partial charge in [0.2, 0.25) is 0 Å². The van der Waals surface area contributed by atoms with Gasteiger partial charge in [-0.05, 0) is 86.0 Å². The lowest BCUT2D eigenvalue weighted by Crippen LogP contribution is -2.14. The van der Waals surface area contributed by atoms with E-state index in [2.05, 4.69) is 74.5 Å². The lowest BCUT2D eigenvalue weighted by molar-refractivity contribution is 0.312. The third-order valence-corrected chi connectivity index (χ3v) is 6.00. The quantitative estimate of drug-likeness (QED) is 0.446. The first kappa shape index (κ1) is 19.0. The Balaban J connectivity index is 1.78. The Morgan fingerprint density at radius 1 is 0.962 bits per heavy atom. The molecule has 1 aliphatic rings. The van der Waals surface area contributed by atoms with Crippen molar-refractivity contribution in [3.8, 4) is 11.1 Å². The van der Waals surface area contributed by atoms with Crippen LogP contribution in [0, 0.1) is 5.92 Å². The van der Waals surface area contributed by atoms with Crippen LogP contribution >= 0.6 is 0 Å². The van der Waals surface area contributed by atoms with Crippen LogP contribution in [0.5, 0.6) is 0 Å². The molecule has 0 unspecified atom stereocenters. The Bertz CT molecular complexity index is 687. The van der Waals surface area contributed by atoms with Crippen molar-refractivity contribution in [2.45, 2.75) is 71.1 Å². The molecular weight excluding hydrogens is 312 g/mol. The van der Waals surface area contributed by atoms with Crippen molar-refractivity contribution in [2.75, 3.05) is 0 Å². The highest BCUT2D eigenvalue weighted by atomic mass is 14.3. The van der Waals surface area contributed by atoms with Gasteiger partial charge in [-0.3, -0.25) is 0 Å². The SMILES string of the molecule is CC=CCCC1CCC(c2cc(CCC)ccc2-c2ccccc2)CC1. The molecule has 0 radical (unpaired) electrons. The zero-order valence-corrected chi connectivity index (χ0v) is 16.6. The number of rotatable bonds is 7. The number of allylic oxidation sites excluding steroid dienone is 2. The molecule has 0 heteroatoms. The lowest BCUT2D eigenvalue weighted by Gasteiger charge is -2.30. The smallest absolute Gasteiger partial charge is 0.0149 e. The normalized spacial score (nSPS) is 20.5. The summed E-state index contributed by atoms with van der Waals surface area (Å²) in [4.78, 5) is 0. The molecule has 2 aromatic rings. The first-order valence-electron chi connectivity index (χ1n) is 10.6. The van der Waals surface area contributed by atoms with Crippen molar-refractivity contribution < 1.29 is 0 Å². The number of aryl methyl sites for hydroxylation is 1. The summed E-state index contributed by atoms with van der Waals surface area (Å²) in [5.74, 6) is 1.67. The minimum Gasteiger partial charge on any atom is -0.0917 e. The monoisotopic (exact) mass is 346 g/mol. The van der Waals surface area contributed by atoms with E-state index in [1.165, 1.54) is 68.1 Å². The Labute approximate surface area is 160 Å². The molecule has 0 N–H and O–H groups in total. The molecule has 0 atom stereocenters. The van der Waals surface area contributed by atoms with Gasteiger partial charge < -0.3 is 0 Å². The predicted molar refractivity (Wildman–Crippen MR) is 115 cm³/mol. The fourth-order valence-electron chi connectivity index (χ4n) is 4.54. The highest BCUT2D eigenvalue weighted by Crippen LogP contribution is 2.41. The van der Waals surface area contributed by atoms with Crippen LogP contribution in [0.25, 0.3) is 11.1 Å². The van der Waals surface area contributed by atoms with Crippen molar-refractivity contribution in [1.29, 1.82) is 0 Å². The standard InChI is InChI=1S/C26H34/c1-3-5-7-11-21-14-17-24(18-15-21)26-20-22(10-4-2)16-19-25(26)23-12-8-6-9-13-23/h3,5-6,8-9,12-13,16,19-21,24H,4,7,10-11,14-15,17-18H2,1-2H3. The van der Waals surface area contributed by atoms with Crippen molar-refractivity contribution >= 4 is 0 Å². The van der Waals surface area contributed by atoms with E-state index in [9.17, 15) is 0 Å². The minimum atomic E-state index is 0.736. The highest BCUT2D eigenvalue weighted by molar-refractivity contribution is 5.68. The van der Waals surface area contributed by atoms with Crippen LogP contribution in [0.15, 0.2) is 60.7 Å². The number of hydrogen-bond acceptors (Lipinski definition) is 0. The summed E-state index contributed by atoms with van der Waals surface area (Å²) in [6, 6.07) is 18.2. The largest absolute Gasteiger partial charge is 0.0917 e. The molecule has 0 bridgehead atoms. The first-order valence-corrected chi connectivity index (χ1v) is 10.6. The molecule has 0 aliphatic heterocycles. The average molecular weight is 347 g/mol. The van der Waals surface area contributed by atoms with Gasteiger partial charge in [-0.15, -0.1) is 0 Å². The van der Waals surface area contributed by atoms with Crippen LogP contribution in [0.3, 0.4) is 0 Å². The average Bonchev–Trinajstić information content (AvgIpc) is 2.70. The van der Waals surface area contributed by atoms with Crippen LogP contribution in [0.2, 0.25) is 0 Å². The van der Waals surface area contributed by atoms with Crippen LogP contribution < -0.4 is 0 Å². The molecule has 2 aromatic carbocycles. The van der Waals surface area contributed by atoms with Gasteiger partial charge in [-0.25, -0.2) is 0 Å². The molecule has 0 amide bonds. The van der Waals surface area contributed by atoms with E-state index in [0.29, 0.717) is 0 Å². The van der Waals surface area contributed by atoms with E-state index in [4.69, 9.17) is 0 Å². The Kier molecular flexibility index (Phi) is 7.12. The van der Waals surface area contributed by atoms with E-state index in [-0.39, 0.29) is 0 Å². The molecule has 1 aliphatic carbocycles. The van der Waals surface area contributed by atoms with Crippen LogP contribution in [0.4, 0.5) is 0 Å². The maximum Gasteiger partial charge on any atom is -0.0149 e. The minimum absolute atomic E-state index is 0.736. The molecule has 0 heterocycles. The zero-order chi connectivity index (χ0) is 18.2. The van der Waals surface area contributed by atoms with Crippen molar-refractivity contribution in [3.63, 3.8) is 0 Å². The Hall–Kier alpha value is -1.82. The molecular formula is C26H34. The Morgan fingerprint density at radius 3 is 2.42 bits per heavy atom. The second kappa shape index (κ2) is 9.76. The van der Waals surface area contributed by atoms with Gasteiger partial charge in [0.15, 0.2) is 0 Å². The van der Waals surface area contributed by atoms with E-state index in [0.717, 1.165) is 11.8 Å². The van der Waals surface area contributed by atoms with E-state index in [1.807, 2.05) is 0 Å². The Morgan fingerprint density at radius 2 is 1.73 bits per heavy atom. The van der Waals surface area contributed by atoms with Crippen molar-refractivity contribution in [1.82, 2.24) is 0 Å². The summed E-state index contributed by atoms with van der Waals surface area (Å²) in [6.45, 7) is 4.41. The second-order valence-electron chi connectivity index (χ2n) is 7.90. The van der Waals surface area contributed by atoms with E-state index in [1.54, 1.807) is 5.56 Å². The second-order valence-corrected chi connectivity index (χ2v) is 7.90. The molecule has 26 heavy (non-hydrogen) atoms. The third-order valence-electron chi connectivity index (χ3n) is 6.00. The van der Waals surface area contributed by atoms with Gasteiger partial charge in [0, 0.05) is 0 Å². The maximum absolute atomic E-state index is 2.52. The van der Waals surface area contributed by atoms with Crippen LogP contribution in [-0.4, -0.2) is 0 Å². The molecule has 0 aromatic heterocycles. The summed E-state index contributed by atoms with van der Waals surface area (Å²) in [6.07, 6.45) is 15.1. The molecule has 0 nitrogen and oxygen atoms in total. The summed E-state index contributed by atoms with van der Waals surface area (Å²) in [7, 11) is 0. The zero-order valence-electron chi connectivity index (χ0n) is 16.6. The summed E-state index contributed by atoms with van der Waals surface area (Å²) in [5, 5.41) is 0. The van der Waals surface area contributed by atoms with E-state index < -0.39 is 0 Å². The van der Waals surface area contributed by atoms with Crippen molar-refractivity contribution in [2.24, 2.45) is 5.92 Å². The van der Waals surface area contributed by atoms with Crippen LogP contribution in [0.1, 0.15) is 75.8 Å². The van der Waals surface area contributed by atoms with Gasteiger partial charge in [-0.2, -0.15) is 0 Å². The highest BCUT2D eigenvalue weighted by Gasteiger charge is 2.24. The van der Waals surface area contributed by atoms with Gasteiger partial charge in [0.25, 0.3) is 0 Å². The predicted octanol–water partition coefficient (Wildman–Crippen LogP) is 7.94. The summed E-state index contributed by atoms with van der Waals surface area (Å²) in [5.41, 5.74) is 5.95. The molecule has 1 saturated carbocycles. The third kappa shape index (κ3) is 4.87. The summed E-state index contributed by atoms with van der Waals surface area (Å²) < 4.78 is 0. The summed E-state index contributed by atoms with van der Waals surface area (Å²) >= 11 is 0.